The maximum Gasteiger partial charge on any atom is 0.329 e. The Bertz CT molecular complexity index is 927. The highest BCUT2D eigenvalue weighted by Gasteiger charge is 2.33. The van der Waals surface area contributed by atoms with Crippen LogP contribution in [0.3, 0.4) is 0 Å². The monoisotopic (exact) mass is 393 g/mol. The fraction of sp³-hybridized carbons (Fsp3) is 0.421. The zero-order valence-electron chi connectivity index (χ0n) is 15.1. The molecule has 2 aromatic carbocycles. The van der Waals surface area contributed by atoms with E-state index in [9.17, 15) is 13.2 Å². The van der Waals surface area contributed by atoms with Gasteiger partial charge in [0.1, 0.15) is 12.4 Å². The van der Waals surface area contributed by atoms with Gasteiger partial charge in [-0.25, -0.2) is 13.2 Å². The van der Waals surface area contributed by atoms with Crippen molar-refractivity contribution >= 4 is 26.8 Å². The molecule has 1 aliphatic heterocycles. The van der Waals surface area contributed by atoms with E-state index in [0.717, 1.165) is 23.6 Å². The summed E-state index contributed by atoms with van der Waals surface area (Å²) in [6.07, 6.45) is 2.33. The summed E-state index contributed by atoms with van der Waals surface area (Å²) >= 11 is 0. The van der Waals surface area contributed by atoms with E-state index in [2.05, 4.69) is 0 Å². The van der Waals surface area contributed by atoms with Crippen LogP contribution in [0.15, 0.2) is 41.3 Å². The Morgan fingerprint density at radius 3 is 2.67 bits per heavy atom. The molecule has 1 aliphatic rings. The molecule has 1 saturated heterocycles. The third kappa shape index (κ3) is 4.40. The summed E-state index contributed by atoms with van der Waals surface area (Å²) in [6.45, 7) is 0.0581. The molecule has 1 atom stereocenters. The summed E-state index contributed by atoms with van der Waals surface area (Å²) in [5, 5.41) is 10.4. The maximum atomic E-state index is 13.2. The first-order valence-corrected chi connectivity index (χ1v) is 10.2. The second kappa shape index (κ2) is 8.24. The number of carboxylic acid groups (broad SMARTS) is 1. The Balaban J connectivity index is 1.86. The Morgan fingerprint density at radius 1 is 1.19 bits per heavy atom. The van der Waals surface area contributed by atoms with Gasteiger partial charge in [0, 0.05) is 12.6 Å². The smallest absolute Gasteiger partial charge is 0.329 e. The molecule has 3 rings (SSSR count). The van der Waals surface area contributed by atoms with E-state index >= 15 is 0 Å². The molecule has 27 heavy (non-hydrogen) atoms. The molecule has 0 aliphatic carbocycles. The number of hydrogen-bond acceptors (Lipinski definition) is 5. The lowest BCUT2D eigenvalue weighted by Crippen LogP contribution is -2.46. The zero-order chi connectivity index (χ0) is 19.4. The van der Waals surface area contributed by atoms with E-state index in [1.807, 2.05) is 12.1 Å². The Morgan fingerprint density at radius 2 is 1.93 bits per heavy atom. The van der Waals surface area contributed by atoms with Gasteiger partial charge in [-0.05, 0) is 47.9 Å². The molecule has 8 heteroatoms. The minimum absolute atomic E-state index is 0.0797. The first-order valence-electron chi connectivity index (χ1n) is 8.81. The Hall–Kier alpha value is -2.16. The Labute approximate surface area is 158 Å². The quantitative estimate of drug-likeness (QED) is 0.777. The predicted molar refractivity (Wildman–Crippen MR) is 100 cm³/mol. The van der Waals surface area contributed by atoms with E-state index in [-0.39, 0.29) is 17.5 Å². The van der Waals surface area contributed by atoms with Crippen molar-refractivity contribution in [2.75, 3.05) is 26.9 Å². The molecular formula is C19H23NO6S. The number of benzene rings is 2. The molecule has 0 bridgehead atoms. The van der Waals surface area contributed by atoms with Crippen LogP contribution in [-0.4, -0.2) is 56.7 Å². The lowest BCUT2D eigenvalue weighted by atomic mass is 10.1. The van der Waals surface area contributed by atoms with Gasteiger partial charge in [-0.1, -0.05) is 18.6 Å². The van der Waals surface area contributed by atoms with E-state index in [0.29, 0.717) is 18.7 Å². The van der Waals surface area contributed by atoms with Gasteiger partial charge in [-0.3, -0.25) is 0 Å². The largest absolute Gasteiger partial charge is 0.497 e. The molecule has 0 spiro atoms. The Kier molecular flexibility index (Phi) is 5.98. The molecule has 0 amide bonds. The van der Waals surface area contributed by atoms with Crippen LogP contribution in [0.5, 0.6) is 5.75 Å². The molecule has 1 unspecified atom stereocenters. The first-order chi connectivity index (χ1) is 12.9. The number of ether oxygens (including phenoxy) is 2. The average Bonchev–Trinajstić information content (AvgIpc) is 2.67. The van der Waals surface area contributed by atoms with Crippen LogP contribution in [0.1, 0.15) is 19.3 Å². The molecule has 7 nitrogen and oxygen atoms in total. The third-order valence-electron chi connectivity index (χ3n) is 4.73. The van der Waals surface area contributed by atoms with Crippen molar-refractivity contribution in [3.05, 3.63) is 36.4 Å². The highest BCUT2D eigenvalue weighted by atomic mass is 32.2. The van der Waals surface area contributed by atoms with Crippen molar-refractivity contribution in [2.24, 2.45) is 0 Å². The van der Waals surface area contributed by atoms with Crippen LogP contribution in [-0.2, 0) is 19.6 Å². The van der Waals surface area contributed by atoms with Gasteiger partial charge in [-0.2, -0.15) is 4.31 Å². The van der Waals surface area contributed by atoms with Crippen LogP contribution in [0.2, 0.25) is 0 Å². The number of methoxy groups -OCH3 is 1. The second-order valence-electron chi connectivity index (χ2n) is 6.55. The van der Waals surface area contributed by atoms with Gasteiger partial charge in [0.15, 0.2) is 0 Å². The van der Waals surface area contributed by atoms with Crippen LogP contribution in [0, 0.1) is 0 Å². The molecule has 0 aromatic heterocycles. The number of fused-ring (bicyclic) bond motifs is 1. The van der Waals surface area contributed by atoms with E-state index < -0.39 is 22.6 Å². The number of carbonyl (C=O) groups is 1. The van der Waals surface area contributed by atoms with Crippen molar-refractivity contribution in [3.63, 3.8) is 0 Å². The van der Waals surface area contributed by atoms with Crippen LogP contribution >= 0.6 is 0 Å². The van der Waals surface area contributed by atoms with Gasteiger partial charge >= 0.3 is 5.97 Å². The van der Waals surface area contributed by atoms with Crippen molar-refractivity contribution in [1.82, 2.24) is 4.31 Å². The average molecular weight is 393 g/mol. The minimum atomic E-state index is -3.69. The van der Waals surface area contributed by atoms with Crippen molar-refractivity contribution in [3.8, 4) is 5.75 Å². The van der Waals surface area contributed by atoms with E-state index in [1.165, 1.54) is 4.31 Å². The SMILES string of the molecule is COc1ccc2cc(S(=O)(=O)N3CCCCC3COCC(=O)O)ccc2c1. The molecule has 146 valence electrons. The van der Waals surface area contributed by atoms with Crippen molar-refractivity contribution in [2.45, 2.75) is 30.2 Å². The highest BCUT2D eigenvalue weighted by molar-refractivity contribution is 7.89. The molecule has 1 N–H and O–H groups in total. The molecule has 2 aromatic rings. The summed E-state index contributed by atoms with van der Waals surface area (Å²) < 4.78 is 38.2. The first kappa shape index (κ1) is 19.6. The number of piperidine rings is 1. The number of hydrogen-bond donors (Lipinski definition) is 1. The van der Waals surface area contributed by atoms with Crippen LogP contribution < -0.4 is 4.74 Å². The van der Waals surface area contributed by atoms with Gasteiger partial charge in [0.05, 0.1) is 18.6 Å². The zero-order valence-corrected chi connectivity index (χ0v) is 15.9. The summed E-state index contributed by atoms with van der Waals surface area (Å²) in [5.74, 6) is -0.352. The fourth-order valence-electron chi connectivity index (χ4n) is 3.36. The second-order valence-corrected chi connectivity index (χ2v) is 8.44. The number of carboxylic acids is 1. The van der Waals surface area contributed by atoms with Crippen molar-refractivity contribution in [1.29, 1.82) is 0 Å². The normalized spacial score (nSPS) is 18.5. The fourth-order valence-corrected chi connectivity index (χ4v) is 5.08. The molecule has 0 radical (unpaired) electrons. The topological polar surface area (TPSA) is 93.1 Å². The summed E-state index contributed by atoms with van der Waals surface area (Å²) in [7, 11) is -2.11. The highest BCUT2D eigenvalue weighted by Crippen LogP contribution is 2.29. The summed E-state index contributed by atoms with van der Waals surface area (Å²) in [4.78, 5) is 10.9. The van der Waals surface area contributed by atoms with Crippen LogP contribution in [0.4, 0.5) is 0 Å². The van der Waals surface area contributed by atoms with Gasteiger partial charge in [0.25, 0.3) is 0 Å². The standard InChI is InChI=1S/C19H23NO6S/c1-25-17-7-5-15-11-18(8-6-14(15)10-17)27(23,24)20-9-3-2-4-16(20)12-26-13-19(21)22/h5-8,10-11,16H,2-4,9,12-13H2,1H3,(H,21,22). The molecule has 1 fully saturated rings. The third-order valence-corrected chi connectivity index (χ3v) is 6.68. The lowest BCUT2D eigenvalue weighted by molar-refractivity contribution is -0.142. The molecule has 1 heterocycles. The van der Waals surface area contributed by atoms with Gasteiger partial charge in [0.2, 0.25) is 10.0 Å². The van der Waals surface area contributed by atoms with Crippen LogP contribution in [0.25, 0.3) is 10.8 Å². The van der Waals surface area contributed by atoms with Gasteiger partial charge < -0.3 is 14.6 Å². The maximum absolute atomic E-state index is 13.2. The molecular weight excluding hydrogens is 370 g/mol. The lowest BCUT2D eigenvalue weighted by Gasteiger charge is -2.34. The number of nitrogens with zero attached hydrogens (tertiary/aromatic N) is 1. The molecule has 0 saturated carbocycles. The van der Waals surface area contributed by atoms with E-state index in [4.69, 9.17) is 14.6 Å². The number of rotatable bonds is 7. The number of aliphatic carboxylic acids is 1. The van der Waals surface area contributed by atoms with Gasteiger partial charge in [-0.15, -0.1) is 0 Å². The number of sulfonamides is 1. The summed E-state index contributed by atoms with van der Waals surface area (Å²) in [6, 6.07) is 10.2. The summed E-state index contributed by atoms with van der Waals surface area (Å²) in [5.41, 5.74) is 0. The van der Waals surface area contributed by atoms with Crippen molar-refractivity contribution < 1.29 is 27.8 Å². The van der Waals surface area contributed by atoms with E-state index in [1.54, 1.807) is 31.4 Å². The minimum Gasteiger partial charge on any atom is -0.497 e. The predicted octanol–water partition coefficient (Wildman–Crippen LogP) is 2.49.